The topological polar surface area (TPSA) is 46.2 Å². The van der Waals surface area contributed by atoms with E-state index in [0.717, 1.165) is 12.8 Å². The van der Waals surface area contributed by atoms with Crippen LogP contribution < -0.4 is 5.73 Å². The molecular weight excluding hydrogens is 126 g/mol. The summed E-state index contributed by atoms with van der Waals surface area (Å²) in [6.45, 7) is 5.60. The van der Waals surface area contributed by atoms with Crippen molar-refractivity contribution >= 4 is 0 Å². The van der Waals surface area contributed by atoms with E-state index in [1.165, 1.54) is 0 Å². The van der Waals surface area contributed by atoms with Crippen LogP contribution in [0.15, 0.2) is 0 Å². The van der Waals surface area contributed by atoms with Gasteiger partial charge in [-0.2, -0.15) is 0 Å². The van der Waals surface area contributed by atoms with Crippen molar-refractivity contribution in [2.45, 2.75) is 44.8 Å². The molecule has 2 heteroatoms. The molecule has 0 aromatic heterocycles. The maximum absolute atomic E-state index is 9.87. The fraction of sp³-hybridized carbons (Fsp3) is 1.00. The van der Waals surface area contributed by atoms with Gasteiger partial charge in [0.15, 0.2) is 0 Å². The number of rotatable bonds is 2. The third-order valence-electron chi connectivity index (χ3n) is 2.68. The highest BCUT2D eigenvalue weighted by Gasteiger charge is 2.48. The summed E-state index contributed by atoms with van der Waals surface area (Å²) in [5, 5.41) is 9.87. The molecule has 1 atom stereocenters. The molecule has 1 saturated carbocycles. The molecule has 0 bridgehead atoms. The Morgan fingerprint density at radius 1 is 1.30 bits per heavy atom. The summed E-state index contributed by atoms with van der Waals surface area (Å²) in [7, 11) is 0. The van der Waals surface area contributed by atoms with E-state index in [0.29, 0.717) is 5.92 Å². The molecule has 0 saturated heterocycles. The zero-order valence-corrected chi connectivity index (χ0v) is 7.02. The average molecular weight is 143 g/mol. The minimum atomic E-state index is -0.674. The van der Waals surface area contributed by atoms with Gasteiger partial charge in [-0.3, -0.25) is 0 Å². The summed E-state index contributed by atoms with van der Waals surface area (Å²) >= 11 is 0. The zero-order chi connectivity index (χ0) is 7.99. The molecule has 1 fully saturated rings. The highest BCUT2D eigenvalue weighted by Crippen LogP contribution is 2.43. The lowest BCUT2D eigenvalue weighted by atomic mass is 9.81. The first-order valence-corrected chi connectivity index (χ1v) is 3.87. The quantitative estimate of drug-likeness (QED) is 0.603. The zero-order valence-electron chi connectivity index (χ0n) is 7.02. The average Bonchev–Trinajstić information content (AvgIpc) is 2.38. The second-order valence-electron chi connectivity index (χ2n) is 4.14. The van der Waals surface area contributed by atoms with E-state index >= 15 is 0 Å². The van der Waals surface area contributed by atoms with Gasteiger partial charge >= 0.3 is 0 Å². The highest BCUT2D eigenvalue weighted by molar-refractivity contribution is 5.03. The molecule has 0 aromatic rings. The van der Waals surface area contributed by atoms with Crippen LogP contribution in [0.4, 0.5) is 0 Å². The molecule has 1 aliphatic carbocycles. The van der Waals surface area contributed by atoms with Crippen LogP contribution in [0.25, 0.3) is 0 Å². The first-order chi connectivity index (χ1) is 4.36. The summed E-state index contributed by atoms with van der Waals surface area (Å²) in [5.41, 5.74) is 4.67. The van der Waals surface area contributed by atoms with Gasteiger partial charge in [0.1, 0.15) is 0 Å². The van der Waals surface area contributed by atoms with Gasteiger partial charge in [-0.25, -0.2) is 0 Å². The normalized spacial score (nSPS) is 26.1. The van der Waals surface area contributed by atoms with Crippen molar-refractivity contribution < 1.29 is 5.11 Å². The van der Waals surface area contributed by atoms with Crippen molar-refractivity contribution in [2.24, 2.45) is 11.7 Å². The maximum atomic E-state index is 9.87. The summed E-state index contributed by atoms with van der Waals surface area (Å²) in [6, 6.07) is 0. The Morgan fingerprint density at radius 2 is 1.70 bits per heavy atom. The number of hydrogen-bond acceptors (Lipinski definition) is 2. The van der Waals surface area contributed by atoms with Gasteiger partial charge in [-0.15, -0.1) is 0 Å². The molecule has 0 aliphatic heterocycles. The lowest BCUT2D eigenvalue weighted by molar-refractivity contribution is -0.0242. The van der Waals surface area contributed by atoms with Gasteiger partial charge in [-0.1, -0.05) is 0 Å². The second-order valence-corrected chi connectivity index (χ2v) is 4.14. The third kappa shape index (κ3) is 1.18. The highest BCUT2D eigenvalue weighted by atomic mass is 16.3. The molecule has 10 heavy (non-hydrogen) atoms. The van der Waals surface area contributed by atoms with E-state index in [1.807, 2.05) is 20.8 Å². The van der Waals surface area contributed by atoms with Crippen LogP contribution in [-0.4, -0.2) is 16.2 Å². The van der Waals surface area contributed by atoms with Crippen molar-refractivity contribution in [3.63, 3.8) is 0 Å². The fourth-order valence-electron chi connectivity index (χ4n) is 1.17. The number of hydrogen-bond donors (Lipinski definition) is 2. The van der Waals surface area contributed by atoms with Crippen LogP contribution in [-0.2, 0) is 0 Å². The molecule has 0 heterocycles. The van der Waals surface area contributed by atoms with Crippen molar-refractivity contribution in [3.05, 3.63) is 0 Å². The summed E-state index contributed by atoms with van der Waals surface area (Å²) < 4.78 is 0. The van der Waals surface area contributed by atoms with Crippen molar-refractivity contribution in [3.8, 4) is 0 Å². The molecular formula is C8H17NO. The second kappa shape index (κ2) is 1.95. The standard InChI is InChI=1S/C8H17NO/c1-7(2,9)8(3,10)6-4-5-6/h6,10H,4-5,9H2,1-3H3. The summed E-state index contributed by atoms with van der Waals surface area (Å²) in [6.07, 6.45) is 2.27. The third-order valence-corrected chi connectivity index (χ3v) is 2.68. The van der Waals surface area contributed by atoms with Gasteiger partial charge in [0.25, 0.3) is 0 Å². The van der Waals surface area contributed by atoms with Crippen LogP contribution in [0.2, 0.25) is 0 Å². The minimum absolute atomic E-state index is 0.437. The Kier molecular flexibility index (Phi) is 1.57. The largest absolute Gasteiger partial charge is 0.388 e. The molecule has 60 valence electrons. The molecule has 2 nitrogen and oxygen atoms in total. The summed E-state index contributed by atoms with van der Waals surface area (Å²) in [5.74, 6) is 0.437. The first kappa shape index (κ1) is 8.02. The van der Waals surface area contributed by atoms with Gasteiger partial charge in [0.2, 0.25) is 0 Å². The maximum Gasteiger partial charge on any atom is 0.0820 e. The van der Waals surface area contributed by atoms with Crippen LogP contribution in [0.1, 0.15) is 33.6 Å². The van der Waals surface area contributed by atoms with E-state index < -0.39 is 11.1 Å². The van der Waals surface area contributed by atoms with E-state index in [-0.39, 0.29) is 0 Å². The fourth-order valence-corrected chi connectivity index (χ4v) is 1.17. The van der Waals surface area contributed by atoms with Crippen LogP contribution in [0, 0.1) is 5.92 Å². The monoisotopic (exact) mass is 143 g/mol. The van der Waals surface area contributed by atoms with Crippen molar-refractivity contribution in [1.29, 1.82) is 0 Å². The smallest absolute Gasteiger partial charge is 0.0820 e. The van der Waals surface area contributed by atoms with Gasteiger partial charge in [0, 0.05) is 5.54 Å². The van der Waals surface area contributed by atoms with Crippen molar-refractivity contribution in [1.82, 2.24) is 0 Å². The molecule has 0 radical (unpaired) electrons. The van der Waals surface area contributed by atoms with E-state index in [9.17, 15) is 5.11 Å². The number of nitrogens with two attached hydrogens (primary N) is 1. The van der Waals surface area contributed by atoms with Crippen LogP contribution >= 0.6 is 0 Å². The van der Waals surface area contributed by atoms with Gasteiger partial charge in [-0.05, 0) is 39.5 Å². The van der Waals surface area contributed by atoms with Gasteiger partial charge < -0.3 is 10.8 Å². The molecule has 3 N–H and O–H groups in total. The van der Waals surface area contributed by atoms with Crippen molar-refractivity contribution in [2.75, 3.05) is 0 Å². The molecule has 1 aliphatic rings. The lowest BCUT2D eigenvalue weighted by Gasteiger charge is -2.37. The Bertz CT molecular complexity index is 131. The lowest BCUT2D eigenvalue weighted by Crippen LogP contribution is -2.55. The molecule has 1 rings (SSSR count). The van der Waals surface area contributed by atoms with Gasteiger partial charge in [0.05, 0.1) is 5.60 Å². The SMILES string of the molecule is CC(C)(N)C(C)(O)C1CC1. The predicted octanol–water partition coefficient (Wildman–Crippen LogP) is 0.885. The van der Waals surface area contributed by atoms with E-state index in [2.05, 4.69) is 0 Å². The minimum Gasteiger partial charge on any atom is -0.388 e. The molecule has 0 amide bonds. The Balaban J connectivity index is 2.66. The molecule has 1 unspecified atom stereocenters. The molecule has 0 spiro atoms. The van der Waals surface area contributed by atoms with Crippen LogP contribution in [0.3, 0.4) is 0 Å². The van der Waals surface area contributed by atoms with Crippen LogP contribution in [0.5, 0.6) is 0 Å². The molecule has 0 aromatic carbocycles. The summed E-state index contributed by atoms with van der Waals surface area (Å²) in [4.78, 5) is 0. The van der Waals surface area contributed by atoms with E-state index in [4.69, 9.17) is 5.73 Å². The Hall–Kier alpha value is -0.0800. The Labute approximate surface area is 62.4 Å². The number of aliphatic hydroxyl groups is 1. The first-order valence-electron chi connectivity index (χ1n) is 3.87. The predicted molar refractivity (Wildman–Crippen MR) is 41.6 cm³/mol. The van der Waals surface area contributed by atoms with E-state index in [1.54, 1.807) is 0 Å². The Morgan fingerprint density at radius 3 is 1.80 bits per heavy atom.